The minimum atomic E-state index is -0.336. The summed E-state index contributed by atoms with van der Waals surface area (Å²) < 4.78 is 10.6. The molecule has 1 atom stereocenters. The molecule has 0 spiro atoms. The summed E-state index contributed by atoms with van der Waals surface area (Å²) in [5.74, 6) is 1.55. The topological polar surface area (TPSA) is 84.0 Å². The molecule has 0 aliphatic carbocycles. The molecule has 0 saturated carbocycles. The lowest BCUT2D eigenvalue weighted by Crippen LogP contribution is -2.38. The zero-order chi connectivity index (χ0) is 21.9. The molecule has 8 heteroatoms. The van der Waals surface area contributed by atoms with Crippen LogP contribution in [0.1, 0.15) is 30.9 Å². The Morgan fingerprint density at radius 3 is 2.66 bits per heavy atom. The van der Waals surface area contributed by atoms with E-state index in [0.717, 1.165) is 55.3 Å². The average Bonchev–Trinajstić information content (AvgIpc) is 3.33. The molecule has 1 aliphatic rings. The van der Waals surface area contributed by atoms with E-state index in [0.29, 0.717) is 13.2 Å². The van der Waals surface area contributed by atoms with E-state index in [1.165, 1.54) is 5.56 Å². The van der Waals surface area contributed by atoms with Gasteiger partial charge in [-0.15, -0.1) is 24.0 Å². The Morgan fingerprint density at radius 1 is 1.16 bits per heavy atom. The van der Waals surface area contributed by atoms with Gasteiger partial charge in [0.05, 0.1) is 13.7 Å². The van der Waals surface area contributed by atoms with E-state index in [4.69, 9.17) is 9.47 Å². The lowest BCUT2D eigenvalue weighted by Gasteiger charge is -2.13. The Hall–Kier alpha value is -2.33. The molecule has 1 amide bonds. The number of carbonyl (C=O) groups is 1. The molecule has 1 saturated heterocycles. The van der Waals surface area contributed by atoms with Crippen molar-refractivity contribution in [2.75, 3.05) is 32.1 Å². The molecule has 0 aromatic heterocycles. The Labute approximate surface area is 207 Å². The predicted molar refractivity (Wildman–Crippen MR) is 139 cm³/mol. The fourth-order valence-electron chi connectivity index (χ4n) is 3.38. The van der Waals surface area contributed by atoms with Crippen LogP contribution in [0, 0.1) is 0 Å². The number of halogens is 1. The second kappa shape index (κ2) is 13.9. The molecule has 0 radical (unpaired) electrons. The molecule has 2 aromatic rings. The molecule has 1 heterocycles. The molecule has 1 unspecified atom stereocenters. The number of guanidine groups is 1. The summed E-state index contributed by atoms with van der Waals surface area (Å²) in [6, 6.07) is 15.9. The van der Waals surface area contributed by atoms with Crippen molar-refractivity contribution in [1.29, 1.82) is 0 Å². The third-order valence-electron chi connectivity index (χ3n) is 5.05. The first kappa shape index (κ1) is 25.9. The van der Waals surface area contributed by atoms with Gasteiger partial charge in [0.2, 0.25) is 0 Å². The third-order valence-corrected chi connectivity index (χ3v) is 5.05. The van der Waals surface area contributed by atoms with Crippen molar-refractivity contribution in [3.05, 3.63) is 59.7 Å². The quantitative estimate of drug-likeness (QED) is 0.251. The van der Waals surface area contributed by atoms with E-state index in [-0.39, 0.29) is 36.0 Å². The van der Waals surface area contributed by atoms with Crippen LogP contribution >= 0.6 is 24.0 Å². The predicted octanol–water partition coefficient (Wildman–Crippen LogP) is 3.73. The largest absolute Gasteiger partial charge is 0.497 e. The second-order valence-corrected chi connectivity index (χ2v) is 7.41. The number of anilines is 1. The van der Waals surface area contributed by atoms with Crippen molar-refractivity contribution >= 4 is 41.5 Å². The molecule has 2 aromatic carbocycles. The van der Waals surface area contributed by atoms with Crippen molar-refractivity contribution < 1.29 is 14.3 Å². The maximum absolute atomic E-state index is 12.3. The number of carbonyl (C=O) groups excluding carboxylic acids is 1. The van der Waals surface area contributed by atoms with Crippen LogP contribution in [0.25, 0.3) is 0 Å². The van der Waals surface area contributed by atoms with Crippen LogP contribution in [0.5, 0.6) is 5.75 Å². The normalized spacial score (nSPS) is 15.6. The lowest BCUT2D eigenvalue weighted by atomic mass is 10.1. The smallest absolute Gasteiger partial charge is 0.253 e. The first-order valence-electron chi connectivity index (χ1n) is 10.8. The van der Waals surface area contributed by atoms with Crippen molar-refractivity contribution in [3.63, 3.8) is 0 Å². The zero-order valence-electron chi connectivity index (χ0n) is 18.7. The van der Waals surface area contributed by atoms with Gasteiger partial charge in [0.1, 0.15) is 11.9 Å². The van der Waals surface area contributed by atoms with Crippen LogP contribution in [-0.4, -0.2) is 44.8 Å². The maximum atomic E-state index is 12.3. The molecular formula is C24H33IN4O3. The van der Waals surface area contributed by atoms with E-state index in [9.17, 15) is 4.79 Å². The summed E-state index contributed by atoms with van der Waals surface area (Å²) >= 11 is 0. The fourth-order valence-corrected chi connectivity index (χ4v) is 3.38. The number of benzene rings is 2. The Kier molecular flexibility index (Phi) is 11.3. The Morgan fingerprint density at radius 2 is 1.97 bits per heavy atom. The highest BCUT2D eigenvalue weighted by Gasteiger charge is 2.23. The fraction of sp³-hybridized carbons (Fsp3) is 0.417. The van der Waals surface area contributed by atoms with Gasteiger partial charge in [0.25, 0.3) is 5.91 Å². The minimum absolute atomic E-state index is 0. The first-order valence-corrected chi connectivity index (χ1v) is 10.8. The van der Waals surface area contributed by atoms with E-state index in [1.807, 2.05) is 43.3 Å². The number of ether oxygens (including phenoxy) is 2. The number of amides is 1. The van der Waals surface area contributed by atoms with E-state index >= 15 is 0 Å². The Bertz CT molecular complexity index is 868. The van der Waals surface area contributed by atoms with Crippen LogP contribution in [0.2, 0.25) is 0 Å². The molecular weight excluding hydrogens is 519 g/mol. The van der Waals surface area contributed by atoms with Gasteiger partial charge >= 0.3 is 0 Å². The van der Waals surface area contributed by atoms with Crippen LogP contribution in [0.4, 0.5) is 5.69 Å². The number of hydrogen-bond donors (Lipinski definition) is 3. The van der Waals surface area contributed by atoms with Gasteiger partial charge < -0.3 is 25.4 Å². The summed E-state index contributed by atoms with van der Waals surface area (Å²) in [6.07, 6.45) is 2.27. The summed E-state index contributed by atoms with van der Waals surface area (Å²) in [5, 5.41) is 9.59. The van der Waals surface area contributed by atoms with Gasteiger partial charge in [-0.1, -0.05) is 24.3 Å². The monoisotopic (exact) mass is 552 g/mol. The minimum Gasteiger partial charge on any atom is -0.497 e. The zero-order valence-corrected chi connectivity index (χ0v) is 21.1. The maximum Gasteiger partial charge on any atom is 0.253 e. The summed E-state index contributed by atoms with van der Waals surface area (Å²) in [5.41, 5.74) is 3.03. The van der Waals surface area contributed by atoms with E-state index in [1.54, 1.807) is 7.11 Å². The van der Waals surface area contributed by atoms with E-state index in [2.05, 4.69) is 33.1 Å². The average molecular weight is 552 g/mol. The highest BCUT2D eigenvalue weighted by atomic mass is 127. The van der Waals surface area contributed by atoms with Crippen LogP contribution in [-0.2, 0) is 22.5 Å². The second-order valence-electron chi connectivity index (χ2n) is 7.41. The van der Waals surface area contributed by atoms with Gasteiger partial charge in [0.15, 0.2) is 5.96 Å². The van der Waals surface area contributed by atoms with Gasteiger partial charge in [-0.2, -0.15) is 0 Å². The number of hydrogen-bond acceptors (Lipinski definition) is 4. The number of nitrogens with zero attached hydrogens (tertiary/aromatic N) is 1. The molecule has 0 bridgehead atoms. The molecule has 174 valence electrons. The molecule has 3 rings (SSSR count). The number of nitrogens with one attached hydrogen (secondary N) is 3. The van der Waals surface area contributed by atoms with Crippen molar-refractivity contribution in [3.8, 4) is 5.75 Å². The van der Waals surface area contributed by atoms with Crippen LogP contribution < -0.4 is 20.7 Å². The van der Waals surface area contributed by atoms with Gasteiger partial charge in [-0.05, 0) is 61.6 Å². The standard InChI is InChI=1S/C24H32N4O3.HI/c1-3-25-24(26-14-13-18-9-11-21(30-2)12-10-18)27-17-19-6-4-7-20(16-19)28-23(29)22-8-5-15-31-22;/h4,6-7,9-12,16,22H,3,5,8,13-15,17H2,1-2H3,(H,28,29)(H2,25,26,27);1H. The van der Waals surface area contributed by atoms with Gasteiger partial charge in [-0.3, -0.25) is 4.79 Å². The molecule has 3 N–H and O–H groups in total. The van der Waals surface area contributed by atoms with Crippen molar-refractivity contribution in [2.24, 2.45) is 4.99 Å². The molecule has 1 aliphatic heterocycles. The number of aliphatic imine (C=N–C) groups is 1. The van der Waals surface area contributed by atoms with Crippen LogP contribution in [0.3, 0.4) is 0 Å². The third kappa shape index (κ3) is 8.31. The van der Waals surface area contributed by atoms with Crippen molar-refractivity contribution in [2.45, 2.75) is 38.8 Å². The number of methoxy groups -OCH3 is 1. The molecule has 7 nitrogen and oxygen atoms in total. The van der Waals surface area contributed by atoms with Gasteiger partial charge in [-0.25, -0.2) is 4.99 Å². The van der Waals surface area contributed by atoms with Gasteiger partial charge in [0, 0.05) is 25.4 Å². The molecule has 32 heavy (non-hydrogen) atoms. The summed E-state index contributed by atoms with van der Waals surface area (Å²) in [7, 11) is 1.67. The van der Waals surface area contributed by atoms with Crippen molar-refractivity contribution in [1.82, 2.24) is 10.6 Å². The summed E-state index contributed by atoms with van der Waals surface area (Å²) in [4.78, 5) is 16.9. The highest BCUT2D eigenvalue weighted by molar-refractivity contribution is 14.0. The highest BCUT2D eigenvalue weighted by Crippen LogP contribution is 2.17. The van der Waals surface area contributed by atoms with Crippen LogP contribution in [0.15, 0.2) is 53.5 Å². The SMILES string of the molecule is CCNC(=NCc1cccc(NC(=O)C2CCCO2)c1)NCCc1ccc(OC)cc1.I. The van der Waals surface area contributed by atoms with E-state index < -0.39 is 0 Å². The molecule has 1 fully saturated rings. The number of rotatable bonds is 9. The first-order chi connectivity index (χ1) is 15.2. The Balaban J connectivity index is 0.00000363. The summed E-state index contributed by atoms with van der Waals surface area (Å²) in [6.45, 7) is 4.77. The lowest BCUT2D eigenvalue weighted by molar-refractivity contribution is -0.124.